The van der Waals surface area contributed by atoms with Gasteiger partial charge in [0.1, 0.15) is 11.4 Å². The van der Waals surface area contributed by atoms with Crippen LogP contribution in [-0.4, -0.2) is 60.1 Å². The third kappa shape index (κ3) is 6.88. The predicted molar refractivity (Wildman–Crippen MR) is 141 cm³/mol. The van der Waals surface area contributed by atoms with Crippen molar-refractivity contribution in [3.05, 3.63) is 66.8 Å². The molecule has 0 saturated carbocycles. The molecule has 194 valence electrons. The molecule has 0 aromatic heterocycles. The fourth-order valence-corrected chi connectivity index (χ4v) is 4.48. The molecule has 1 N–H and O–H groups in total. The predicted octanol–water partition coefficient (Wildman–Crippen LogP) is 6.18. The molecule has 0 spiro atoms. The maximum absolute atomic E-state index is 12.9. The number of carbonyl (C=O) groups is 2. The number of nitrogens with zero attached hydrogens (tertiary/aromatic N) is 1. The minimum atomic E-state index is -0.996. The molecule has 1 aliphatic rings. The Hall–Kier alpha value is -3.32. The van der Waals surface area contributed by atoms with Gasteiger partial charge >= 0.3 is 12.1 Å². The van der Waals surface area contributed by atoms with Crippen LogP contribution in [0.25, 0.3) is 10.8 Å². The fraction of sp³-hybridized carbons (Fsp3) is 0.448. The molecule has 2 aromatic carbocycles. The summed E-state index contributed by atoms with van der Waals surface area (Å²) < 4.78 is 17.7. The van der Waals surface area contributed by atoms with Gasteiger partial charge in [0.15, 0.2) is 0 Å². The number of ether oxygens (including phenoxy) is 3. The molecule has 1 heterocycles. The number of likely N-dealkylation sites (tertiary alicyclic amines) is 1. The number of fused-ring (bicyclic) bond motifs is 1. The Morgan fingerprint density at radius 3 is 2.58 bits per heavy atom. The zero-order valence-corrected chi connectivity index (χ0v) is 21.5. The second-order valence-corrected chi connectivity index (χ2v) is 9.98. The van der Waals surface area contributed by atoms with Gasteiger partial charge in [-0.25, -0.2) is 9.59 Å². The van der Waals surface area contributed by atoms with E-state index in [4.69, 9.17) is 14.2 Å². The van der Waals surface area contributed by atoms with Crippen molar-refractivity contribution in [1.82, 2.24) is 4.90 Å². The Labute approximate surface area is 213 Å². The monoisotopic (exact) mass is 495 g/mol. The maximum atomic E-state index is 12.9. The Balaban J connectivity index is 2.03. The molecule has 7 nitrogen and oxygen atoms in total. The van der Waals surface area contributed by atoms with Crippen LogP contribution in [0.1, 0.15) is 61.9 Å². The Morgan fingerprint density at radius 1 is 1.14 bits per heavy atom. The number of amides is 1. The summed E-state index contributed by atoms with van der Waals surface area (Å²) in [6.07, 6.45) is 5.34. The molecule has 0 radical (unpaired) electrons. The quantitative estimate of drug-likeness (QED) is 0.313. The van der Waals surface area contributed by atoms with E-state index in [1.54, 1.807) is 29.2 Å². The van der Waals surface area contributed by atoms with Crippen molar-refractivity contribution in [3.8, 4) is 5.75 Å². The number of piperidine rings is 1. The first-order chi connectivity index (χ1) is 17.1. The third-order valence-electron chi connectivity index (χ3n) is 6.10. The number of aromatic carboxylic acids is 1. The zero-order valence-electron chi connectivity index (χ0n) is 21.5. The van der Waals surface area contributed by atoms with Crippen LogP contribution >= 0.6 is 0 Å². The molecular formula is C29H37NO6. The summed E-state index contributed by atoms with van der Waals surface area (Å²) in [7, 11) is 0. The Bertz CT molecular complexity index is 1100. The van der Waals surface area contributed by atoms with Gasteiger partial charge in [-0.15, -0.1) is 13.2 Å². The molecule has 2 atom stereocenters. The van der Waals surface area contributed by atoms with Crippen molar-refractivity contribution in [2.45, 2.75) is 57.7 Å². The number of carboxylic acid groups (broad SMARTS) is 1. The van der Waals surface area contributed by atoms with Gasteiger partial charge in [-0.1, -0.05) is 18.2 Å². The summed E-state index contributed by atoms with van der Waals surface area (Å²) in [4.78, 5) is 26.6. The van der Waals surface area contributed by atoms with Crippen molar-refractivity contribution in [1.29, 1.82) is 0 Å². The highest BCUT2D eigenvalue weighted by molar-refractivity contribution is 6.05. The van der Waals surface area contributed by atoms with Crippen LogP contribution in [0.2, 0.25) is 0 Å². The first-order valence-electron chi connectivity index (χ1n) is 12.4. The van der Waals surface area contributed by atoms with E-state index in [2.05, 4.69) is 13.2 Å². The first-order valence-corrected chi connectivity index (χ1v) is 12.4. The van der Waals surface area contributed by atoms with E-state index in [9.17, 15) is 14.7 Å². The number of hydrogen-bond donors (Lipinski definition) is 1. The van der Waals surface area contributed by atoms with E-state index in [-0.39, 0.29) is 23.7 Å². The molecule has 3 rings (SSSR count). The van der Waals surface area contributed by atoms with Gasteiger partial charge in [-0.05, 0) is 80.6 Å². The summed E-state index contributed by atoms with van der Waals surface area (Å²) >= 11 is 0. The second-order valence-electron chi connectivity index (χ2n) is 9.98. The van der Waals surface area contributed by atoms with E-state index in [1.807, 2.05) is 39.0 Å². The lowest BCUT2D eigenvalue weighted by molar-refractivity contribution is -0.0147. The van der Waals surface area contributed by atoms with Crippen molar-refractivity contribution >= 4 is 22.8 Å². The van der Waals surface area contributed by atoms with Crippen molar-refractivity contribution in [3.63, 3.8) is 0 Å². The van der Waals surface area contributed by atoms with Gasteiger partial charge in [-0.2, -0.15) is 0 Å². The summed E-state index contributed by atoms with van der Waals surface area (Å²) in [5, 5.41) is 11.2. The first kappa shape index (κ1) is 27.3. The summed E-state index contributed by atoms with van der Waals surface area (Å²) in [6.45, 7) is 14.9. The van der Waals surface area contributed by atoms with Gasteiger partial charge in [0.2, 0.25) is 0 Å². The average Bonchev–Trinajstić information content (AvgIpc) is 2.83. The molecule has 1 amide bonds. The molecule has 0 aliphatic carbocycles. The fourth-order valence-electron chi connectivity index (χ4n) is 4.48. The van der Waals surface area contributed by atoms with Gasteiger partial charge < -0.3 is 24.2 Å². The number of unbranched alkanes of at least 4 members (excludes halogenated alkanes) is 1. The highest BCUT2D eigenvalue weighted by Gasteiger charge is 2.36. The number of carboxylic acids is 1. The normalized spacial score (nSPS) is 18.0. The Kier molecular flexibility index (Phi) is 9.15. The maximum Gasteiger partial charge on any atom is 0.410 e. The van der Waals surface area contributed by atoms with Gasteiger partial charge in [0.25, 0.3) is 0 Å². The van der Waals surface area contributed by atoms with Crippen LogP contribution in [0.15, 0.2) is 55.6 Å². The smallest absolute Gasteiger partial charge is 0.410 e. The average molecular weight is 496 g/mol. The molecule has 0 unspecified atom stereocenters. The highest BCUT2D eigenvalue weighted by Crippen LogP contribution is 2.37. The molecule has 7 heteroatoms. The standard InChI is InChI=1S/C29H37NO6/c1-6-8-9-17-34-20-10-11-21-23(27(31)32)13-12-22(24(21)18-20)25-19-30(28(33)36-29(3,4)5)15-14-26(25)35-16-7-2/h6-7,10-13,18,25-26H,1-2,8-9,14-17,19H2,3-5H3,(H,31,32)/t25-,26+/m1/s1. The van der Waals surface area contributed by atoms with Crippen molar-refractivity contribution in [2.24, 2.45) is 0 Å². The van der Waals surface area contributed by atoms with Gasteiger partial charge in [0, 0.05) is 19.0 Å². The van der Waals surface area contributed by atoms with Crippen LogP contribution in [0.3, 0.4) is 0 Å². The molecule has 0 bridgehead atoms. The van der Waals surface area contributed by atoms with E-state index in [0.717, 1.165) is 23.8 Å². The number of carbonyl (C=O) groups excluding carboxylic acids is 1. The van der Waals surface area contributed by atoms with Crippen LogP contribution in [-0.2, 0) is 9.47 Å². The number of benzene rings is 2. The van der Waals surface area contributed by atoms with Crippen LogP contribution in [0, 0.1) is 0 Å². The van der Waals surface area contributed by atoms with Crippen LogP contribution in [0.4, 0.5) is 4.79 Å². The third-order valence-corrected chi connectivity index (χ3v) is 6.10. The Morgan fingerprint density at radius 2 is 1.92 bits per heavy atom. The molecule has 1 fully saturated rings. The van der Waals surface area contributed by atoms with Crippen LogP contribution < -0.4 is 4.74 Å². The van der Waals surface area contributed by atoms with E-state index >= 15 is 0 Å². The number of rotatable bonds is 10. The van der Waals surface area contributed by atoms with E-state index in [1.165, 1.54) is 0 Å². The SMILES string of the molecule is C=CCCCOc1ccc2c(C(=O)O)ccc([C@H]3CN(C(=O)OC(C)(C)C)CC[C@@H]3OCC=C)c2c1. The number of hydrogen-bond acceptors (Lipinski definition) is 5. The minimum absolute atomic E-state index is 0.169. The topological polar surface area (TPSA) is 85.3 Å². The summed E-state index contributed by atoms with van der Waals surface area (Å²) in [5.74, 6) is -0.518. The summed E-state index contributed by atoms with van der Waals surface area (Å²) in [6, 6.07) is 8.94. The summed E-state index contributed by atoms with van der Waals surface area (Å²) in [5.41, 5.74) is 0.528. The second kappa shape index (κ2) is 12.1. The molecule has 36 heavy (non-hydrogen) atoms. The van der Waals surface area contributed by atoms with Gasteiger partial charge in [-0.3, -0.25) is 0 Å². The van der Waals surface area contributed by atoms with Crippen LogP contribution in [0.5, 0.6) is 5.75 Å². The molecular weight excluding hydrogens is 458 g/mol. The molecule has 2 aromatic rings. The largest absolute Gasteiger partial charge is 0.494 e. The zero-order chi connectivity index (χ0) is 26.3. The number of allylic oxidation sites excluding steroid dienone is 1. The lowest BCUT2D eigenvalue weighted by Crippen LogP contribution is -2.47. The lowest BCUT2D eigenvalue weighted by atomic mass is 9.84. The van der Waals surface area contributed by atoms with Gasteiger partial charge in [0.05, 0.1) is 24.9 Å². The minimum Gasteiger partial charge on any atom is -0.494 e. The molecule has 1 aliphatic heterocycles. The van der Waals surface area contributed by atoms with Crippen molar-refractivity contribution in [2.75, 3.05) is 26.3 Å². The molecule has 1 saturated heterocycles. The van der Waals surface area contributed by atoms with E-state index in [0.29, 0.717) is 43.9 Å². The highest BCUT2D eigenvalue weighted by atomic mass is 16.6. The lowest BCUT2D eigenvalue weighted by Gasteiger charge is -2.39. The van der Waals surface area contributed by atoms with Crippen molar-refractivity contribution < 1.29 is 28.9 Å². The van der Waals surface area contributed by atoms with E-state index < -0.39 is 11.6 Å².